The van der Waals surface area contributed by atoms with Gasteiger partial charge < -0.3 is 9.64 Å². The van der Waals surface area contributed by atoms with Crippen LogP contribution in [0.25, 0.3) is 0 Å². The molecule has 174 valence electrons. The molecule has 1 fully saturated rings. The number of piperidine rings is 1. The second kappa shape index (κ2) is 10.3. The standard InChI is InChI=1S/C19H21N7O7/c1-2-33-19(28)13-7-9-24(10-8-13)17-15(26(31)32)16(20-11-21-17)22-23-18(27)12-3-5-14(6-4-12)25(29)30/h3-6,11,13H,2,7-10H2,1H3,(H,23,27)(H,20,21,22). The molecule has 0 radical (unpaired) electrons. The highest BCUT2D eigenvalue weighted by atomic mass is 16.6. The number of hydrogen-bond acceptors (Lipinski definition) is 11. The first kappa shape index (κ1) is 23.3. The van der Waals surface area contributed by atoms with Gasteiger partial charge in [0.15, 0.2) is 0 Å². The van der Waals surface area contributed by atoms with Gasteiger partial charge in [-0.1, -0.05) is 0 Å². The number of non-ortho nitro benzene ring substituents is 1. The fourth-order valence-corrected chi connectivity index (χ4v) is 3.37. The summed E-state index contributed by atoms with van der Waals surface area (Å²) in [4.78, 5) is 55.1. The zero-order chi connectivity index (χ0) is 24.0. The predicted octanol–water partition coefficient (Wildman–Crippen LogP) is 1.83. The lowest BCUT2D eigenvalue weighted by Gasteiger charge is -2.31. The molecule has 1 aromatic heterocycles. The number of ether oxygens (including phenoxy) is 1. The van der Waals surface area contributed by atoms with Crippen LogP contribution in [0.1, 0.15) is 30.1 Å². The molecule has 3 rings (SSSR count). The van der Waals surface area contributed by atoms with Crippen molar-refractivity contribution >= 4 is 34.9 Å². The molecular formula is C19H21N7O7. The van der Waals surface area contributed by atoms with E-state index in [9.17, 15) is 29.8 Å². The number of carbonyl (C=O) groups excluding carboxylic acids is 2. The van der Waals surface area contributed by atoms with E-state index in [4.69, 9.17) is 4.74 Å². The average Bonchev–Trinajstić information content (AvgIpc) is 2.82. The van der Waals surface area contributed by atoms with Crippen LogP contribution in [-0.4, -0.2) is 51.4 Å². The zero-order valence-corrected chi connectivity index (χ0v) is 17.6. The Kier molecular flexibility index (Phi) is 7.27. The van der Waals surface area contributed by atoms with E-state index in [1.54, 1.807) is 11.8 Å². The summed E-state index contributed by atoms with van der Waals surface area (Å²) in [6.45, 7) is 2.73. The van der Waals surface area contributed by atoms with E-state index in [0.717, 1.165) is 6.33 Å². The maximum Gasteiger partial charge on any atom is 0.355 e. The zero-order valence-electron chi connectivity index (χ0n) is 17.6. The van der Waals surface area contributed by atoms with Crippen molar-refractivity contribution in [2.75, 3.05) is 30.0 Å². The number of esters is 1. The van der Waals surface area contributed by atoms with Crippen molar-refractivity contribution in [2.24, 2.45) is 5.92 Å². The van der Waals surface area contributed by atoms with Gasteiger partial charge in [-0.15, -0.1) is 0 Å². The van der Waals surface area contributed by atoms with Gasteiger partial charge in [-0.3, -0.25) is 40.7 Å². The number of amides is 1. The average molecular weight is 459 g/mol. The molecule has 14 nitrogen and oxygen atoms in total. The minimum atomic E-state index is -0.672. The van der Waals surface area contributed by atoms with E-state index >= 15 is 0 Å². The molecule has 0 bridgehead atoms. The first-order valence-corrected chi connectivity index (χ1v) is 10.0. The molecule has 2 aromatic rings. The van der Waals surface area contributed by atoms with Crippen LogP contribution < -0.4 is 15.8 Å². The van der Waals surface area contributed by atoms with Gasteiger partial charge in [-0.25, -0.2) is 9.97 Å². The normalized spacial score (nSPS) is 13.8. The third-order valence-electron chi connectivity index (χ3n) is 5.03. The molecule has 0 atom stereocenters. The van der Waals surface area contributed by atoms with Crippen LogP contribution >= 0.6 is 0 Å². The number of benzene rings is 1. The van der Waals surface area contributed by atoms with Crippen molar-refractivity contribution in [3.63, 3.8) is 0 Å². The molecule has 1 saturated heterocycles. The second-order valence-electron chi connectivity index (χ2n) is 7.05. The van der Waals surface area contributed by atoms with E-state index in [0.29, 0.717) is 25.9 Å². The third-order valence-corrected chi connectivity index (χ3v) is 5.03. The summed E-state index contributed by atoms with van der Waals surface area (Å²) in [6.07, 6.45) is 2.04. The third kappa shape index (κ3) is 5.47. The number of carbonyl (C=O) groups is 2. The monoisotopic (exact) mass is 459 g/mol. The number of nitrogens with one attached hydrogen (secondary N) is 2. The SMILES string of the molecule is CCOC(=O)C1CCN(c2ncnc(NNC(=O)c3ccc([N+](=O)[O-])cc3)c2[N+](=O)[O-])CC1. The molecule has 0 aliphatic carbocycles. The topological polar surface area (TPSA) is 183 Å². The molecule has 0 spiro atoms. The lowest BCUT2D eigenvalue weighted by atomic mass is 9.97. The van der Waals surface area contributed by atoms with Crippen molar-refractivity contribution in [3.8, 4) is 0 Å². The van der Waals surface area contributed by atoms with Crippen molar-refractivity contribution in [3.05, 3.63) is 56.4 Å². The summed E-state index contributed by atoms with van der Waals surface area (Å²) < 4.78 is 5.04. The van der Waals surface area contributed by atoms with Gasteiger partial charge in [-0.05, 0) is 31.9 Å². The van der Waals surface area contributed by atoms with E-state index in [1.807, 2.05) is 0 Å². The van der Waals surface area contributed by atoms with Gasteiger partial charge in [0.1, 0.15) is 6.33 Å². The molecular weight excluding hydrogens is 438 g/mol. The van der Waals surface area contributed by atoms with Gasteiger partial charge in [0.05, 0.1) is 22.4 Å². The largest absolute Gasteiger partial charge is 0.466 e. The van der Waals surface area contributed by atoms with Crippen LogP contribution in [0.2, 0.25) is 0 Å². The number of anilines is 2. The Labute approximate surface area is 187 Å². The minimum Gasteiger partial charge on any atom is -0.466 e. The number of hydrogen-bond donors (Lipinski definition) is 2. The Morgan fingerprint density at radius 1 is 1.12 bits per heavy atom. The van der Waals surface area contributed by atoms with Crippen LogP contribution in [0.4, 0.5) is 23.0 Å². The highest BCUT2D eigenvalue weighted by Crippen LogP contribution is 2.34. The van der Waals surface area contributed by atoms with E-state index in [-0.39, 0.29) is 41.4 Å². The van der Waals surface area contributed by atoms with E-state index < -0.39 is 21.4 Å². The van der Waals surface area contributed by atoms with Gasteiger partial charge in [0.2, 0.25) is 11.6 Å². The first-order chi connectivity index (χ1) is 15.8. The van der Waals surface area contributed by atoms with Gasteiger partial charge in [-0.2, -0.15) is 0 Å². The van der Waals surface area contributed by atoms with Crippen LogP contribution in [0.3, 0.4) is 0 Å². The van der Waals surface area contributed by atoms with Crippen LogP contribution in [0.5, 0.6) is 0 Å². The highest BCUT2D eigenvalue weighted by molar-refractivity contribution is 5.95. The molecule has 1 aromatic carbocycles. The van der Waals surface area contributed by atoms with Crippen LogP contribution in [0.15, 0.2) is 30.6 Å². The Morgan fingerprint density at radius 2 is 1.79 bits per heavy atom. The van der Waals surface area contributed by atoms with Gasteiger partial charge in [0.25, 0.3) is 11.6 Å². The Balaban J connectivity index is 1.72. The maximum atomic E-state index is 12.3. The second-order valence-corrected chi connectivity index (χ2v) is 7.05. The number of nitro benzene ring substituents is 1. The molecule has 0 unspecified atom stereocenters. The molecule has 1 aliphatic rings. The molecule has 14 heteroatoms. The lowest BCUT2D eigenvalue weighted by molar-refractivity contribution is -0.384. The number of nitrogens with zero attached hydrogens (tertiary/aromatic N) is 5. The highest BCUT2D eigenvalue weighted by Gasteiger charge is 2.32. The fraction of sp³-hybridized carbons (Fsp3) is 0.368. The van der Waals surface area contributed by atoms with Gasteiger partial charge in [0, 0.05) is 30.8 Å². The molecule has 0 saturated carbocycles. The molecule has 2 N–H and O–H groups in total. The summed E-state index contributed by atoms with van der Waals surface area (Å²) in [5, 5.41) is 22.5. The van der Waals surface area contributed by atoms with E-state index in [2.05, 4.69) is 20.8 Å². The number of nitro groups is 2. The van der Waals surface area contributed by atoms with E-state index in [1.165, 1.54) is 24.3 Å². The van der Waals surface area contributed by atoms with Crippen molar-refractivity contribution < 1.29 is 24.2 Å². The number of rotatable bonds is 8. The molecule has 33 heavy (non-hydrogen) atoms. The van der Waals surface area contributed by atoms with Crippen LogP contribution in [-0.2, 0) is 9.53 Å². The summed E-state index contributed by atoms with van der Waals surface area (Å²) in [7, 11) is 0. The maximum absolute atomic E-state index is 12.3. The summed E-state index contributed by atoms with van der Waals surface area (Å²) in [6, 6.07) is 4.84. The molecule has 1 amide bonds. The quantitative estimate of drug-likeness (QED) is 0.333. The van der Waals surface area contributed by atoms with Crippen molar-refractivity contribution in [1.29, 1.82) is 0 Å². The predicted molar refractivity (Wildman–Crippen MR) is 114 cm³/mol. The number of hydrazine groups is 1. The molecule has 2 heterocycles. The van der Waals surface area contributed by atoms with Crippen molar-refractivity contribution in [2.45, 2.75) is 19.8 Å². The van der Waals surface area contributed by atoms with Gasteiger partial charge >= 0.3 is 11.7 Å². The Hall–Kier alpha value is -4.36. The number of aromatic nitrogens is 2. The fourth-order valence-electron chi connectivity index (χ4n) is 3.37. The Bertz CT molecular complexity index is 1050. The first-order valence-electron chi connectivity index (χ1n) is 10.0. The summed E-state index contributed by atoms with van der Waals surface area (Å²) >= 11 is 0. The Morgan fingerprint density at radius 3 is 2.36 bits per heavy atom. The van der Waals surface area contributed by atoms with Crippen molar-refractivity contribution in [1.82, 2.24) is 15.4 Å². The van der Waals surface area contributed by atoms with Crippen LogP contribution in [0, 0.1) is 26.1 Å². The minimum absolute atomic E-state index is 0.0596. The molecule has 1 aliphatic heterocycles. The lowest BCUT2D eigenvalue weighted by Crippen LogP contribution is -2.38. The smallest absolute Gasteiger partial charge is 0.355 e. The summed E-state index contributed by atoms with van der Waals surface area (Å²) in [5.41, 5.74) is 4.21. The summed E-state index contributed by atoms with van der Waals surface area (Å²) in [5.74, 6) is -1.40.